The van der Waals surface area contributed by atoms with E-state index in [1.54, 1.807) is 4.31 Å². The molecule has 0 aliphatic carbocycles. The molecule has 1 aromatic carbocycles. The molecule has 0 saturated heterocycles. The molecule has 1 aromatic rings. The predicted molar refractivity (Wildman–Crippen MR) is 115 cm³/mol. The average Bonchev–Trinajstić information content (AvgIpc) is 2.74. The highest BCUT2D eigenvalue weighted by molar-refractivity contribution is 7.89. The van der Waals surface area contributed by atoms with Gasteiger partial charge >= 0.3 is 0 Å². The highest BCUT2D eigenvalue weighted by Gasteiger charge is 2.31. The molecule has 4 heteroatoms. The van der Waals surface area contributed by atoms with E-state index in [9.17, 15) is 8.42 Å². The van der Waals surface area contributed by atoms with Crippen molar-refractivity contribution in [3.05, 3.63) is 41.0 Å². The minimum atomic E-state index is -3.51. The Morgan fingerprint density at radius 1 is 0.778 bits per heavy atom. The van der Waals surface area contributed by atoms with Gasteiger partial charge in [0, 0.05) is 13.1 Å². The predicted octanol–water partition coefficient (Wildman–Crippen LogP) is 6.18. The lowest BCUT2D eigenvalue weighted by Gasteiger charge is -2.28. The molecule has 0 radical (unpaired) electrons. The molecule has 2 rings (SSSR count). The number of hydrogen-bond acceptors (Lipinski definition) is 2. The molecule has 0 saturated carbocycles. The molecule has 0 spiro atoms. The van der Waals surface area contributed by atoms with E-state index in [0.717, 1.165) is 36.8 Å². The van der Waals surface area contributed by atoms with Gasteiger partial charge in [-0.15, -0.1) is 0 Å². The van der Waals surface area contributed by atoms with Crippen LogP contribution in [0.25, 0.3) is 0 Å². The zero-order valence-corrected chi connectivity index (χ0v) is 18.8. The van der Waals surface area contributed by atoms with Crippen molar-refractivity contribution in [2.45, 2.75) is 89.9 Å². The van der Waals surface area contributed by atoms with Gasteiger partial charge in [-0.2, -0.15) is 4.31 Å². The monoisotopic (exact) mass is 391 g/mol. The van der Waals surface area contributed by atoms with E-state index in [0.29, 0.717) is 23.9 Å². The highest BCUT2D eigenvalue weighted by Crippen LogP contribution is 2.36. The van der Waals surface area contributed by atoms with Gasteiger partial charge < -0.3 is 0 Å². The lowest BCUT2D eigenvalue weighted by molar-refractivity contribution is 0.401. The summed E-state index contributed by atoms with van der Waals surface area (Å²) in [4.78, 5) is 0.573. The van der Waals surface area contributed by atoms with Crippen molar-refractivity contribution in [3.63, 3.8) is 0 Å². The van der Waals surface area contributed by atoms with E-state index in [2.05, 4.69) is 65.8 Å². The molecule has 0 aromatic heterocycles. The fourth-order valence-electron chi connectivity index (χ4n) is 3.68. The summed E-state index contributed by atoms with van der Waals surface area (Å²) in [6, 6.07) is 4.26. The molecule has 0 N–H and O–H groups in total. The fourth-order valence-corrected chi connectivity index (χ4v) is 5.86. The summed E-state index contributed by atoms with van der Waals surface area (Å²) in [6.45, 7) is 14.0. The van der Waals surface area contributed by atoms with Crippen molar-refractivity contribution in [1.29, 1.82) is 0 Å². The van der Waals surface area contributed by atoms with E-state index in [4.69, 9.17) is 0 Å². The van der Waals surface area contributed by atoms with Crippen LogP contribution in [0.1, 0.15) is 102 Å². The van der Waals surface area contributed by atoms with Gasteiger partial charge in [-0.1, -0.05) is 65.8 Å². The number of rotatable bonds is 5. The second kappa shape index (κ2) is 9.38. The van der Waals surface area contributed by atoms with Crippen molar-refractivity contribution in [3.8, 4) is 0 Å². The first kappa shape index (κ1) is 22.2. The maximum atomic E-state index is 13.8. The summed E-state index contributed by atoms with van der Waals surface area (Å²) in [5.41, 5.74) is 3.18. The number of allylic oxidation sites excluding steroid dienone is 2. The molecule has 1 heterocycles. The highest BCUT2D eigenvalue weighted by atomic mass is 32.2. The van der Waals surface area contributed by atoms with Crippen molar-refractivity contribution in [2.75, 3.05) is 13.1 Å². The average molecular weight is 392 g/mol. The zero-order chi connectivity index (χ0) is 20.2. The van der Waals surface area contributed by atoms with E-state index in [-0.39, 0.29) is 11.8 Å². The van der Waals surface area contributed by atoms with Gasteiger partial charge in [0.15, 0.2) is 0 Å². The Hall–Kier alpha value is -1.13. The summed E-state index contributed by atoms with van der Waals surface area (Å²) in [6.07, 6.45) is 8.04. The fraction of sp³-hybridized carbons (Fsp3) is 0.652. The SMILES string of the molecule is CC(C)c1cc(C(C)C)c(S(=O)(=O)N2CCC/C=C\CCC2)c(C(C)C)c1. The summed E-state index contributed by atoms with van der Waals surface area (Å²) >= 11 is 0. The molecule has 0 bridgehead atoms. The van der Waals surface area contributed by atoms with Crippen LogP contribution in [0.2, 0.25) is 0 Å². The van der Waals surface area contributed by atoms with E-state index >= 15 is 0 Å². The van der Waals surface area contributed by atoms with Gasteiger partial charge in [-0.05, 0) is 60.1 Å². The van der Waals surface area contributed by atoms with Crippen molar-refractivity contribution in [2.24, 2.45) is 0 Å². The molecule has 152 valence electrons. The normalized spacial score (nSPS) is 18.6. The first-order chi connectivity index (χ1) is 12.7. The largest absolute Gasteiger partial charge is 0.243 e. The molecular formula is C23H37NO2S. The van der Waals surface area contributed by atoms with Crippen LogP contribution >= 0.6 is 0 Å². The summed E-state index contributed by atoms with van der Waals surface area (Å²) in [5, 5.41) is 0. The summed E-state index contributed by atoms with van der Waals surface area (Å²) in [7, 11) is -3.51. The molecule has 0 fully saturated rings. The standard InChI is InChI=1S/C23H37NO2S/c1-17(2)20-15-21(18(3)4)23(22(16-20)19(5)6)27(25,26)24-13-11-9-7-8-10-12-14-24/h7-8,15-19H,9-14H2,1-6H3/b8-7-. The van der Waals surface area contributed by atoms with Crippen LogP contribution in [0.4, 0.5) is 0 Å². The van der Waals surface area contributed by atoms with Crippen LogP contribution < -0.4 is 0 Å². The minimum absolute atomic E-state index is 0.171. The first-order valence-electron chi connectivity index (χ1n) is 10.5. The Balaban J connectivity index is 2.62. The van der Waals surface area contributed by atoms with E-state index < -0.39 is 10.0 Å². The number of sulfonamides is 1. The first-order valence-corrected chi connectivity index (χ1v) is 11.9. The summed E-state index contributed by atoms with van der Waals surface area (Å²) in [5.74, 6) is 0.725. The van der Waals surface area contributed by atoms with E-state index in [1.807, 2.05) is 0 Å². The molecule has 3 nitrogen and oxygen atoms in total. The van der Waals surface area contributed by atoms with Gasteiger partial charge in [-0.3, -0.25) is 0 Å². The maximum Gasteiger partial charge on any atom is 0.243 e. The smallest absolute Gasteiger partial charge is 0.207 e. The lowest BCUT2D eigenvalue weighted by Crippen LogP contribution is -2.34. The Bertz CT molecular complexity index is 720. The van der Waals surface area contributed by atoms with Crippen LogP contribution in [-0.4, -0.2) is 25.8 Å². The number of benzene rings is 1. The third-order valence-electron chi connectivity index (χ3n) is 5.40. The van der Waals surface area contributed by atoms with Gasteiger partial charge in [0.2, 0.25) is 10.0 Å². The Labute approximate surface area is 166 Å². The lowest BCUT2D eigenvalue weighted by atomic mass is 9.89. The molecule has 1 aliphatic rings. The van der Waals surface area contributed by atoms with Crippen LogP contribution in [0.15, 0.2) is 29.2 Å². The molecule has 0 unspecified atom stereocenters. The van der Waals surface area contributed by atoms with Crippen LogP contribution in [0.5, 0.6) is 0 Å². The van der Waals surface area contributed by atoms with Crippen molar-refractivity contribution < 1.29 is 8.42 Å². The Morgan fingerprint density at radius 3 is 1.59 bits per heavy atom. The molecule has 0 amide bonds. The van der Waals surface area contributed by atoms with Crippen LogP contribution in [0, 0.1) is 0 Å². The third-order valence-corrected chi connectivity index (χ3v) is 7.43. The van der Waals surface area contributed by atoms with Crippen molar-refractivity contribution >= 4 is 10.0 Å². The molecule has 27 heavy (non-hydrogen) atoms. The third kappa shape index (κ3) is 5.23. The maximum absolute atomic E-state index is 13.8. The second-order valence-corrected chi connectivity index (χ2v) is 10.5. The van der Waals surface area contributed by atoms with E-state index in [1.165, 1.54) is 5.56 Å². The Kier molecular flexibility index (Phi) is 7.70. The zero-order valence-electron chi connectivity index (χ0n) is 18.0. The van der Waals surface area contributed by atoms with Gasteiger partial charge in [0.1, 0.15) is 0 Å². The second-order valence-electron chi connectivity index (χ2n) is 8.65. The number of nitrogens with zero attached hydrogens (tertiary/aromatic N) is 1. The minimum Gasteiger partial charge on any atom is -0.207 e. The Morgan fingerprint density at radius 2 is 1.22 bits per heavy atom. The number of hydrogen-bond donors (Lipinski definition) is 0. The quantitative estimate of drug-likeness (QED) is 0.562. The van der Waals surface area contributed by atoms with Crippen LogP contribution in [0.3, 0.4) is 0 Å². The van der Waals surface area contributed by atoms with Gasteiger partial charge in [0.05, 0.1) is 4.90 Å². The van der Waals surface area contributed by atoms with Gasteiger partial charge in [0.25, 0.3) is 0 Å². The molecule has 0 atom stereocenters. The molecule has 1 aliphatic heterocycles. The van der Waals surface area contributed by atoms with Crippen LogP contribution in [-0.2, 0) is 10.0 Å². The molecular weight excluding hydrogens is 354 g/mol. The topological polar surface area (TPSA) is 37.4 Å². The summed E-state index contributed by atoms with van der Waals surface area (Å²) < 4.78 is 29.3. The van der Waals surface area contributed by atoms with Gasteiger partial charge in [-0.25, -0.2) is 8.42 Å². The van der Waals surface area contributed by atoms with Crippen molar-refractivity contribution in [1.82, 2.24) is 4.31 Å².